The summed E-state index contributed by atoms with van der Waals surface area (Å²) in [5.41, 5.74) is 1.34. The van der Waals surface area contributed by atoms with Crippen LogP contribution in [0.25, 0.3) is 5.82 Å². The second-order valence-electron chi connectivity index (χ2n) is 7.57. The zero-order valence-electron chi connectivity index (χ0n) is 17.1. The van der Waals surface area contributed by atoms with Gasteiger partial charge in [0, 0.05) is 50.8 Å². The zero-order valence-corrected chi connectivity index (χ0v) is 17.1. The molecule has 0 radical (unpaired) electrons. The Balaban J connectivity index is 1.16. The van der Waals surface area contributed by atoms with E-state index >= 15 is 0 Å². The van der Waals surface area contributed by atoms with Crippen molar-refractivity contribution in [3.05, 3.63) is 66.5 Å². The van der Waals surface area contributed by atoms with Gasteiger partial charge in [0.2, 0.25) is 11.8 Å². The first-order valence-corrected chi connectivity index (χ1v) is 10.6. The van der Waals surface area contributed by atoms with Crippen LogP contribution in [0.5, 0.6) is 5.88 Å². The van der Waals surface area contributed by atoms with Gasteiger partial charge in [-0.1, -0.05) is 30.3 Å². The average Bonchev–Trinajstić information content (AvgIpc) is 3.33. The Hall–Kier alpha value is -3.22. The fraction of sp³-hybridized carbons (Fsp3) is 0.391. The maximum absolute atomic E-state index is 12.5. The van der Waals surface area contributed by atoms with Crippen LogP contribution in [-0.4, -0.2) is 50.0 Å². The maximum atomic E-state index is 12.5. The molecule has 3 heterocycles. The number of benzene rings is 1. The number of aryl methyl sites for hydroxylation is 1. The minimum atomic E-state index is 0.0667. The summed E-state index contributed by atoms with van der Waals surface area (Å²) in [5, 5.41) is 12.4. The van der Waals surface area contributed by atoms with E-state index < -0.39 is 0 Å². The number of likely N-dealkylation sites (tertiary alicyclic amines) is 1. The minimum absolute atomic E-state index is 0.0667. The molecule has 4 rings (SSSR count). The van der Waals surface area contributed by atoms with Gasteiger partial charge in [0.15, 0.2) is 5.82 Å². The standard InChI is InChI=1S/C23H27N5O2/c29-23(10-5-4-9-19-7-2-1-3-8-19)27-17-13-20(14-18-27)30-22-12-11-21(25-26-22)28-16-6-15-24-28/h1-3,6-8,11-12,15-16,20H,4-5,9-10,13-14,17-18H2. The number of hydrogen-bond acceptors (Lipinski definition) is 5. The molecule has 0 spiro atoms. The summed E-state index contributed by atoms with van der Waals surface area (Å²) in [7, 11) is 0. The summed E-state index contributed by atoms with van der Waals surface area (Å²) in [6.07, 6.45) is 8.85. The van der Waals surface area contributed by atoms with E-state index in [1.165, 1.54) is 5.56 Å². The van der Waals surface area contributed by atoms with Crippen LogP contribution in [0.2, 0.25) is 0 Å². The van der Waals surface area contributed by atoms with E-state index in [0.717, 1.165) is 45.2 Å². The third-order valence-corrected chi connectivity index (χ3v) is 5.40. The monoisotopic (exact) mass is 405 g/mol. The van der Waals surface area contributed by atoms with Gasteiger partial charge < -0.3 is 9.64 Å². The lowest BCUT2D eigenvalue weighted by Gasteiger charge is -2.32. The van der Waals surface area contributed by atoms with Crippen LogP contribution in [0.4, 0.5) is 0 Å². The third kappa shape index (κ3) is 5.43. The molecule has 1 amide bonds. The molecule has 3 aromatic rings. The van der Waals surface area contributed by atoms with Crippen molar-refractivity contribution in [2.75, 3.05) is 13.1 Å². The topological polar surface area (TPSA) is 73.1 Å². The van der Waals surface area contributed by atoms with Crippen molar-refractivity contribution in [3.63, 3.8) is 0 Å². The number of carbonyl (C=O) groups is 1. The predicted molar refractivity (Wildman–Crippen MR) is 113 cm³/mol. The molecule has 0 unspecified atom stereocenters. The molecule has 1 aromatic carbocycles. The first-order valence-electron chi connectivity index (χ1n) is 10.6. The lowest BCUT2D eigenvalue weighted by molar-refractivity contribution is -0.133. The molecule has 7 heteroatoms. The number of ether oxygens (including phenoxy) is 1. The molecule has 0 atom stereocenters. The van der Waals surface area contributed by atoms with Crippen molar-refractivity contribution in [3.8, 4) is 11.7 Å². The normalized spacial score (nSPS) is 14.6. The van der Waals surface area contributed by atoms with E-state index in [1.807, 2.05) is 35.4 Å². The number of aromatic nitrogens is 4. The van der Waals surface area contributed by atoms with Crippen molar-refractivity contribution in [2.45, 2.75) is 44.6 Å². The number of hydrogen-bond donors (Lipinski definition) is 0. The molecule has 2 aromatic heterocycles. The molecular weight excluding hydrogens is 378 g/mol. The maximum Gasteiger partial charge on any atom is 0.233 e. The van der Waals surface area contributed by atoms with Crippen LogP contribution in [0, 0.1) is 0 Å². The molecular formula is C23H27N5O2. The first-order chi connectivity index (χ1) is 14.8. The number of unbranched alkanes of at least 4 members (excludes halogenated alkanes) is 1. The van der Waals surface area contributed by atoms with E-state index in [0.29, 0.717) is 18.1 Å². The summed E-state index contributed by atoms with van der Waals surface area (Å²) in [5.74, 6) is 1.42. The molecule has 156 valence electrons. The number of amides is 1. The number of nitrogens with zero attached hydrogens (tertiary/aromatic N) is 5. The predicted octanol–water partition coefficient (Wildman–Crippen LogP) is 3.45. The highest BCUT2D eigenvalue weighted by molar-refractivity contribution is 5.76. The van der Waals surface area contributed by atoms with Gasteiger partial charge in [0.25, 0.3) is 0 Å². The van der Waals surface area contributed by atoms with E-state index in [4.69, 9.17) is 4.74 Å². The van der Waals surface area contributed by atoms with Gasteiger partial charge in [0.1, 0.15) is 6.10 Å². The Bertz CT molecular complexity index is 905. The van der Waals surface area contributed by atoms with E-state index in [-0.39, 0.29) is 12.0 Å². The Morgan fingerprint density at radius 1 is 1.00 bits per heavy atom. The Morgan fingerprint density at radius 3 is 2.53 bits per heavy atom. The third-order valence-electron chi connectivity index (χ3n) is 5.40. The number of piperidine rings is 1. The molecule has 1 aliphatic heterocycles. The summed E-state index contributed by atoms with van der Waals surface area (Å²) in [4.78, 5) is 14.4. The van der Waals surface area contributed by atoms with Crippen LogP contribution in [-0.2, 0) is 11.2 Å². The Labute approximate surface area is 176 Å². The van der Waals surface area contributed by atoms with E-state index in [1.54, 1.807) is 10.9 Å². The van der Waals surface area contributed by atoms with Crippen molar-refractivity contribution in [1.29, 1.82) is 0 Å². The lowest BCUT2D eigenvalue weighted by atomic mass is 10.0. The summed E-state index contributed by atoms with van der Waals surface area (Å²) < 4.78 is 7.62. The van der Waals surface area contributed by atoms with Crippen LogP contribution in [0.15, 0.2) is 60.9 Å². The first kappa shape index (κ1) is 20.1. The van der Waals surface area contributed by atoms with Crippen molar-refractivity contribution in [2.24, 2.45) is 0 Å². The van der Waals surface area contributed by atoms with Gasteiger partial charge in [-0.3, -0.25) is 4.79 Å². The number of carbonyl (C=O) groups excluding carboxylic acids is 1. The number of rotatable bonds is 8. The molecule has 0 saturated carbocycles. The largest absolute Gasteiger partial charge is 0.473 e. The van der Waals surface area contributed by atoms with Gasteiger partial charge in [-0.2, -0.15) is 5.10 Å². The van der Waals surface area contributed by atoms with Crippen LogP contribution >= 0.6 is 0 Å². The molecule has 7 nitrogen and oxygen atoms in total. The molecule has 1 aliphatic rings. The lowest BCUT2D eigenvalue weighted by Crippen LogP contribution is -2.41. The van der Waals surface area contributed by atoms with Crippen molar-refractivity contribution < 1.29 is 9.53 Å². The fourth-order valence-corrected chi connectivity index (χ4v) is 3.70. The highest BCUT2D eigenvalue weighted by atomic mass is 16.5. The van der Waals surface area contributed by atoms with Gasteiger partial charge in [-0.25, -0.2) is 4.68 Å². The smallest absolute Gasteiger partial charge is 0.233 e. The van der Waals surface area contributed by atoms with Gasteiger partial charge in [-0.05, 0) is 37.0 Å². The highest BCUT2D eigenvalue weighted by Gasteiger charge is 2.24. The SMILES string of the molecule is O=C(CCCCc1ccccc1)N1CCC(Oc2ccc(-n3cccn3)nn2)CC1. The van der Waals surface area contributed by atoms with Gasteiger partial charge in [-0.15, -0.1) is 10.2 Å². The second-order valence-corrected chi connectivity index (χ2v) is 7.57. The van der Waals surface area contributed by atoms with E-state index in [2.05, 4.69) is 39.6 Å². The second kappa shape index (κ2) is 10.0. The Morgan fingerprint density at radius 2 is 1.83 bits per heavy atom. The van der Waals surface area contributed by atoms with Gasteiger partial charge >= 0.3 is 0 Å². The van der Waals surface area contributed by atoms with E-state index in [9.17, 15) is 4.79 Å². The summed E-state index contributed by atoms with van der Waals surface area (Å²) in [6.45, 7) is 1.47. The minimum Gasteiger partial charge on any atom is -0.473 e. The summed E-state index contributed by atoms with van der Waals surface area (Å²) >= 11 is 0. The molecule has 0 bridgehead atoms. The molecule has 30 heavy (non-hydrogen) atoms. The highest BCUT2D eigenvalue weighted by Crippen LogP contribution is 2.18. The average molecular weight is 406 g/mol. The Kier molecular flexibility index (Phi) is 6.69. The van der Waals surface area contributed by atoms with Crippen LogP contribution < -0.4 is 4.74 Å². The van der Waals surface area contributed by atoms with Crippen LogP contribution in [0.1, 0.15) is 37.7 Å². The zero-order chi connectivity index (χ0) is 20.6. The summed E-state index contributed by atoms with van der Waals surface area (Å²) in [6, 6.07) is 15.9. The van der Waals surface area contributed by atoms with Crippen LogP contribution in [0.3, 0.4) is 0 Å². The van der Waals surface area contributed by atoms with Gasteiger partial charge in [0.05, 0.1) is 0 Å². The van der Waals surface area contributed by atoms with Crippen molar-refractivity contribution in [1.82, 2.24) is 24.9 Å². The molecule has 1 saturated heterocycles. The quantitative estimate of drug-likeness (QED) is 0.537. The molecule has 0 aliphatic carbocycles. The molecule has 1 fully saturated rings. The fourth-order valence-electron chi connectivity index (χ4n) is 3.70. The molecule has 0 N–H and O–H groups in total. The van der Waals surface area contributed by atoms with Crippen molar-refractivity contribution >= 4 is 5.91 Å².